The Kier molecular flexibility index (Phi) is 9.26. The molecule has 0 heterocycles. The van der Waals surface area contributed by atoms with Gasteiger partial charge in [-0.25, -0.2) is 4.39 Å². The lowest BCUT2D eigenvalue weighted by Gasteiger charge is -2.14. The Morgan fingerprint density at radius 2 is 1.96 bits per heavy atom. The minimum Gasteiger partial charge on any atom is -0.491 e. The minimum atomic E-state index is -0.696. The fourth-order valence-electron chi connectivity index (χ4n) is 1.66. The van der Waals surface area contributed by atoms with Crippen LogP contribution in [0.1, 0.15) is 25.8 Å². The predicted molar refractivity (Wildman–Crippen MR) is 96.3 cm³/mol. The van der Waals surface area contributed by atoms with Crippen molar-refractivity contribution in [2.24, 2.45) is 5.16 Å². The first-order valence-electron chi connectivity index (χ1n) is 7.21. The predicted octanol–water partition coefficient (Wildman–Crippen LogP) is 5.67. The Morgan fingerprint density at radius 3 is 2.58 bits per heavy atom. The summed E-state index contributed by atoms with van der Waals surface area (Å²) in [6.07, 6.45) is 1.99. The van der Waals surface area contributed by atoms with Gasteiger partial charge >= 0.3 is 0 Å². The Labute approximate surface area is 156 Å². The number of rotatable bonds is 9. The van der Waals surface area contributed by atoms with E-state index in [1.54, 1.807) is 6.92 Å². The van der Waals surface area contributed by atoms with Crippen molar-refractivity contribution in [1.82, 2.24) is 0 Å². The first kappa shape index (κ1) is 20.9. The number of hydrogen-bond donors (Lipinski definition) is 0. The lowest BCUT2D eigenvalue weighted by Crippen LogP contribution is -2.05. The molecule has 1 rings (SSSR count). The van der Waals surface area contributed by atoms with Gasteiger partial charge in [0.25, 0.3) is 0 Å². The molecule has 0 saturated carbocycles. The number of oxime groups is 1. The molecule has 0 aliphatic rings. The van der Waals surface area contributed by atoms with Crippen molar-refractivity contribution < 1.29 is 18.7 Å². The van der Waals surface area contributed by atoms with Crippen molar-refractivity contribution in [2.45, 2.75) is 27.2 Å². The second-order valence-electron chi connectivity index (χ2n) is 5.03. The summed E-state index contributed by atoms with van der Waals surface area (Å²) in [5.74, 6) is -0.409. The lowest BCUT2D eigenvalue weighted by molar-refractivity contribution is 0.127. The maximum Gasteiger partial charge on any atom is 0.187 e. The molecule has 0 fully saturated rings. The Morgan fingerprint density at radius 1 is 1.25 bits per heavy atom. The highest BCUT2D eigenvalue weighted by Crippen LogP contribution is 2.37. The standard InChI is InChI=1S/C16H19Cl3FNO3/c1-10(2)21-24-7-4-6-23-16-11(3)9-12(15(20)14(16)19)22-8-5-13(17)18/h5,9H,4,6-8H2,1-3H3. The van der Waals surface area contributed by atoms with Crippen molar-refractivity contribution in [3.63, 3.8) is 0 Å². The molecule has 0 atom stereocenters. The number of hydrogen-bond acceptors (Lipinski definition) is 4. The van der Waals surface area contributed by atoms with E-state index in [0.717, 1.165) is 5.71 Å². The van der Waals surface area contributed by atoms with Crippen molar-refractivity contribution in [3.05, 3.63) is 33.0 Å². The Hall–Kier alpha value is -1.17. The number of halogens is 4. The maximum atomic E-state index is 14.2. The minimum absolute atomic E-state index is 0.00627. The summed E-state index contributed by atoms with van der Waals surface area (Å²) in [6.45, 7) is 6.18. The van der Waals surface area contributed by atoms with Gasteiger partial charge in [0.2, 0.25) is 0 Å². The van der Waals surface area contributed by atoms with Gasteiger partial charge in [-0.3, -0.25) is 0 Å². The van der Waals surface area contributed by atoms with Crippen LogP contribution in [-0.4, -0.2) is 25.5 Å². The van der Waals surface area contributed by atoms with E-state index in [9.17, 15) is 4.39 Å². The van der Waals surface area contributed by atoms with Crippen molar-refractivity contribution in [3.8, 4) is 11.5 Å². The largest absolute Gasteiger partial charge is 0.491 e. The van der Waals surface area contributed by atoms with E-state index in [0.29, 0.717) is 25.2 Å². The van der Waals surface area contributed by atoms with E-state index in [4.69, 9.17) is 49.1 Å². The van der Waals surface area contributed by atoms with Crippen LogP contribution in [0.4, 0.5) is 4.39 Å². The third kappa shape index (κ3) is 7.16. The quantitative estimate of drug-likeness (QED) is 0.306. The summed E-state index contributed by atoms with van der Waals surface area (Å²) in [4.78, 5) is 5.05. The van der Waals surface area contributed by atoms with Crippen LogP contribution in [-0.2, 0) is 4.84 Å². The highest BCUT2D eigenvalue weighted by molar-refractivity contribution is 6.55. The van der Waals surface area contributed by atoms with Gasteiger partial charge in [-0.15, -0.1) is 0 Å². The van der Waals surface area contributed by atoms with Crippen LogP contribution in [0.15, 0.2) is 21.8 Å². The van der Waals surface area contributed by atoms with E-state index in [1.807, 2.05) is 13.8 Å². The van der Waals surface area contributed by atoms with E-state index in [-0.39, 0.29) is 27.6 Å². The zero-order valence-corrected chi connectivity index (χ0v) is 15.9. The smallest absolute Gasteiger partial charge is 0.187 e. The third-order valence-electron chi connectivity index (χ3n) is 2.66. The SMILES string of the molecule is CC(C)=NOCCCOc1c(C)cc(OCC=C(Cl)Cl)c(F)c1Cl. The average molecular weight is 399 g/mol. The highest BCUT2D eigenvalue weighted by Gasteiger charge is 2.17. The van der Waals surface area contributed by atoms with Gasteiger partial charge in [0.15, 0.2) is 11.6 Å². The molecule has 0 unspecified atom stereocenters. The molecule has 0 saturated heterocycles. The van der Waals surface area contributed by atoms with E-state index >= 15 is 0 Å². The van der Waals surface area contributed by atoms with Crippen LogP contribution in [0.5, 0.6) is 11.5 Å². The van der Waals surface area contributed by atoms with Crippen LogP contribution >= 0.6 is 34.8 Å². The molecular weight excluding hydrogens is 380 g/mol. The van der Waals surface area contributed by atoms with Crippen molar-refractivity contribution >= 4 is 40.5 Å². The summed E-state index contributed by atoms with van der Waals surface area (Å²) in [7, 11) is 0. The molecule has 0 aliphatic heterocycles. The zero-order chi connectivity index (χ0) is 18.1. The zero-order valence-electron chi connectivity index (χ0n) is 13.7. The molecule has 0 radical (unpaired) electrons. The first-order chi connectivity index (χ1) is 11.3. The fourth-order valence-corrected chi connectivity index (χ4v) is 2.08. The van der Waals surface area contributed by atoms with Gasteiger partial charge in [0.1, 0.15) is 28.5 Å². The van der Waals surface area contributed by atoms with Crippen LogP contribution in [0.3, 0.4) is 0 Å². The van der Waals surface area contributed by atoms with Crippen LogP contribution in [0.2, 0.25) is 5.02 Å². The first-order valence-corrected chi connectivity index (χ1v) is 8.34. The summed E-state index contributed by atoms with van der Waals surface area (Å²) in [5, 5.41) is 3.68. The molecule has 0 N–H and O–H groups in total. The van der Waals surface area contributed by atoms with E-state index in [1.165, 1.54) is 12.1 Å². The van der Waals surface area contributed by atoms with Gasteiger partial charge in [-0.1, -0.05) is 40.0 Å². The van der Waals surface area contributed by atoms with Crippen molar-refractivity contribution in [2.75, 3.05) is 19.8 Å². The molecular formula is C16H19Cl3FNO3. The molecule has 0 aromatic heterocycles. The van der Waals surface area contributed by atoms with Gasteiger partial charge in [-0.05, 0) is 38.5 Å². The summed E-state index contributed by atoms with van der Waals surface area (Å²) in [6, 6.07) is 1.51. The van der Waals surface area contributed by atoms with Crippen LogP contribution in [0.25, 0.3) is 0 Å². The second kappa shape index (κ2) is 10.6. The maximum absolute atomic E-state index is 14.2. The lowest BCUT2D eigenvalue weighted by atomic mass is 10.2. The molecule has 4 nitrogen and oxygen atoms in total. The molecule has 24 heavy (non-hydrogen) atoms. The highest BCUT2D eigenvalue weighted by atomic mass is 35.5. The van der Waals surface area contributed by atoms with Gasteiger partial charge in [0.05, 0.1) is 12.3 Å². The van der Waals surface area contributed by atoms with Gasteiger partial charge in [0, 0.05) is 6.42 Å². The number of nitrogens with zero attached hydrogens (tertiary/aromatic N) is 1. The van der Waals surface area contributed by atoms with Crippen LogP contribution in [0, 0.1) is 12.7 Å². The molecule has 134 valence electrons. The second-order valence-corrected chi connectivity index (χ2v) is 6.41. The monoisotopic (exact) mass is 397 g/mol. The van der Waals surface area contributed by atoms with Gasteiger partial charge < -0.3 is 14.3 Å². The molecule has 0 amide bonds. The Balaban J connectivity index is 2.64. The third-order valence-corrected chi connectivity index (χ3v) is 3.31. The molecule has 1 aromatic carbocycles. The normalized spacial score (nSPS) is 10.1. The van der Waals surface area contributed by atoms with Crippen LogP contribution < -0.4 is 9.47 Å². The van der Waals surface area contributed by atoms with Crippen molar-refractivity contribution in [1.29, 1.82) is 0 Å². The number of ether oxygens (including phenoxy) is 2. The summed E-state index contributed by atoms with van der Waals surface area (Å²) in [5.41, 5.74) is 1.48. The molecule has 1 aromatic rings. The topological polar surface area (TPSA) is 40.0 Å². The van der Waals surface area contributed by atoms with E-state index < -0.39 is 5.82 Å². The Bertz CT molecular complexity index is 613. The number of aryl methyl sites for hydroxylation is 1. The van der Waals surface area contributed by atoms with E-state index in [2.05, 4.69) is 5.16 Å². The fraction of sp³-hybridized carbons (Fsp3) is 0.438. The molecule has 0 bridgehead atoms. The molecule has 8 heteroatoms. The molecule has 0 spiro atoms. The molecule has 0 aliphatic carbocycles. The number of benzene rings is 1. The van der Waals surface area contributed by atoms with Gasteiger partial charge in [-0.2, -0.15) is 0 Å². The average Bonchev–Trinajstić information content (AvgIpc) is 2.50. The summed E-state index contributed by atoms with van der Waals surface area (Å²) < 4.78 is 25.1. The summed E-state index contributed by atoms with van der Waals surface area (Å²) >= 11 is 17.0.